The lowest BCUT2D eigenvalue weighted by Crippen LogP contribution is -2.41. The highest BCUT2D eigenvalue weighted by Crippen LogP contribution is 2.36. The van der Waals surface area contributed by atoms with Gasteiger partial charge in [-0.2, -0.15) is 5.10 Å². The zero-order chi connectivity index (χ0) is 17.7. The lowest BCUT2D eigenvalue weighted by molar-refractivity contribution is -0.384. The molecule has 1 aliphatic rings. The van der Waals surface area contributed by atoms with Gasteiger partial charge >= 0.3 is 7.12 Å². The maximum atomic E-state index is 10.9. The van der Waals surface area contributed by atoms with Gasteiger partial charge in [-0.1, -0.05) is 11.6 Å². The molecule has 1 aromatic heterocycles. The van der Waals surface area contributed by atoms with Crippen LogP contribution in [0.5, 0.6) is 0 Å². The predicted molar refractivity (Wildman–Crippen MR) is 90.9 cm³/mol. The van der Waals surface area contributed by atoms with Gasteiger partial charge in [0, 0.05) is 30.0 Å². The summed E-state index contributed by atoms with van der Waals surface area (Å²) in [4.78, 5) is 10.5. The molecule has 2 heterocycles. The summed E-state index contributed by atoms with van der Waals surface area (Å²) in [6.07, 6.45) is 3.31. The van der Waals surface area contributed by atoms with Crippen LogP contribution in [0.4, 0.5) is 5.69 Å². The number of non-ortho nitro benzene ring substituents is 1. The van der Waals surface area contributed by atoms with Crippen LogP contribution in [0, 0.1) is 10.1 Å². The third-order valence-electron chi connectivity index (χ3n) is 4.52. The molecule has 0 radical (unpaired) electrons. The Morgan fingerprint density at radius 3 is 2.46 bits per heavy atom. The Morgan fingerprint density at radius 2 is 1.88 bits per heavy atom. The van der Waals surface area contributed by atoms with Gasteiger partial charge in [0.15, 0.2) is 0 Å². The molecule has 24 heavy (non-hydrogen) atoms. The molecule has 126 valence electrons. The van der Waals surface area contributed by atoms with E-state index in [1.54, 1.807) is 12.4 Å². The average Bonchev–Trinajstić information content (AvgIpc) is 3.02. The van der Waals surface area contributed by atoms with Crippen molar-refractivity contribution >= 4 is 29.9 Å². The highest BCUT2D eigenvalue weighted by Gasteiger charge is 2.52. The Labute approximate surface area is 144 Å². The van der Waals surface area contributed by atoms with E-state index < -0.39 is 23.2 Å². The lowest BCUT2D eigenvalue weighted by atomic mass is 9.82. The molecular weight excluding hydrogens is 332 g/mol. The maximum Gasteiger partial charge on any atom is 0.498 e. The van der Waals surface area contributed by atoms with Gasteiger partial charge in [0.05, 0.1) is 26.8 Å². The zero-order valence-electron chi connectivity index (χ0n) is 13.8. The minimum atomic E-state index is -0.554. The molecule has 1 aliphatic heterocycles. The predicted octanol–water partition coefficient (Wildman–Crippen LogP) is 2.73. The van der Waals surface area contributed by atoms with Gasteiger partial charge in [0.25, 0.3) is 5.69 Å². The van der Waals surface area contributed by atoms with Crippen LogP contribution < -0.4 is 5.46 Å². The van der Waals surface area contributed by atoms with E-state index in [9.17, 15) is 10.1 Å². The van der Waals surface area contributed by atoms with E-state index >= 15 is 0 Å². The summed E-state index contributed by atoms with van der Waals surface area (Å²) < 4.78 is 13.4. The summed E-state index contributed by atoms with van der Waals surface area (Å²) in [7, 11) is -0.554. The van der Waals surface area contributed by atoms with Crippen LogP contribution in [0.25, 0.3) is 5.69 Å². The van der Waals surface area contributed by atoms with E-state index in [0.717, 1.165) is 5.46 Å². The number of benzene rings is 1. The number of nitro groups is 1. The van der Waals surface area contributed by atoms with Crippen LogP contribution in [-0.4, -0.2) is 33.0 Å². The molecule has 0 aliphatic carbocycles. The van der Waals surface area contributed by atoms with Crippen molar-refractivity contribution in [1.29, 1.82) is 0 Å². The summed E-state index contributed by atoms with van der Waals surface area (Å²) in [6, 6.07) is 4.21. The zero-order valence-corrected chi connectivity index (χ0v) is 14.6. The van der Waals surface area contributed by atoms with Crippen molar-refractivity contribution < 1.29 is 14.2 Å². The molecule has 0 amide bonds. The summed E-state index contributed by atoms with van der Waals surface area (Å²) in [6.45, 7) is 7.87. The van der Waals surface area contributed by atoms with Crippen molar-refractivity contribution in [1.82, 2.24) is 9.78 Å². The van der Waals surface area contributed by atoms with Crippen LogP contribution in [0.1, 0.15) is 27.7 Å². The molecule has 0 bridgehead atoms. The minimum absolute atomic E-state index is 0.0536. The largest absolute Gasteiger partial charge is 0.498 e. The average molecular weight is 350 g/mol. The SMILES string of the molecule is CC1(C)OB(c2cnn(-c3cc([N+](=O)[O-])ccc3Cl)c2)OC1(C)C. The van der Waals surface area contributed by atoms with Crippen molar-refractivity contribution in [3.8, 4) is 5.69 Å². The Balaban J connectivity index is 1.93. The van der Waals surface area contributed by atoms with E-state index in [1.807, 2.05) is 27.7 Å². The Bertz CT molecular complexity index is 790. The van der Waals surface area contributed by atoms with E-state index in [2.05, 4.69) is 5.10 Å². The molecule has 1 aromatic carbocycles. The first-order valence-electron chi connectivity index (χ1n) is 7.45. The second kappa shape index (κ2) is 5.58. The maximum absolute atomic E-state index is 10.9. The molecule has 0 saturated carbocycles. The van der Waals surface area contributed by atoms with E-state index in [0.29, 0.717) is 10.7 Å². The molecule has 3 rings (SSSR count). The molecule has 7 nitrogen and oxygen atoms in total. The first-order chi connectivity index (χ1) is 11.1. The molecule has 9 heteroatoms. The third kappa shape index (κ3) is 2.81. The standard InChI is InChI=1S/C15H17BClN3O4/c1-14(2)15(3,4)24-16(23-14)10-8-18-19(9-10)13-7-11(20(21)22)5-6-12(13)17/h5-9H,1-4H3. The first kappa shape index (κ1) is 16.9. The molecule has 2 aromatic rings. The molecule has 0 N–H and O–H groups in total. The quantitative estimate of drug-likeness (QED) is 0.483. The monoisotopic (exact) mass is 349 g/mol. The lowest BCUT2D eigenvalue weighted by Gasteiger charge is -2.32. The molecular formula is C15H17BClN3O4. The van der Waals surface area contributed by atoms with Crippen molar-refractivity contribution in [2.24, 2.45) is 0 Å². The summed E-state index contributed by atoms with van der Waals surface area (Å²) >= 11 is 6.15. The second-order valence-electron chi connectivity index (χ2n) is 6.70. The van der Waals surface area contributed by atoms with Crippen molar-refractivity contribution in [3.63, 3.8) is 0 Å². The van der Waals surface area contributed by atoms with Gasteiger partial charge in [-0.05, 0) is 33.8 Å². The third-order valence-corrected chi connectivity index (χ3v) is 4.83. The highest BCUT2D eigenvalue weighted by atomic mass is 35.5. The Kier molecular flexibility index (Phi) is 3.94. The summed E-state index contributed by atoms with van der Waals surface area (Å²) in [5, 5.41) is 15.5. The van der Waals surface area contributed by atoms with Gasteiger partial charge in [0.2, 0.25) is 0 Å². The fourth-order valence-electron chi connectivity index (χ4n) is 2.36. The summed E-state index contributed by atoms with van der Waals surface area (Å²) in [5.74, 6) is 0. The van der Waals surface area contributed by atoms with Crippen LogP contribution in [0.2, 0.25) is 5.02 Å². The number of nitrogens with zero attached hydrogens (tertiary/aromatic N) is 3. The molecule has 1 fully saturated rings. The number of rotatable bonds is 3. The minimum Gasteiger partial charge on any atom is -0.399 e. The topological polar surface area (TPSA) is 79.4 Å². The first-order valence-corrected chi connectivity index (χ1v) is 7.83. The van der Waals surface area contributed by atoms with Crippen molar-refractivity contribution in [2.45, 2.75) is 38.9 Å². The fraction of sp³-hybridized carbons (Fsp3) is 0.400. The Morgan fingerprint density at radius 1 is 1.25 bits per heavy atom. The molecule has 0 atom stereocenters. The number of halogens is 1. The summed E-state index contributed by atoms with van der Waals surface area (Å²) in [5.41, 5.74) is 0.179. The fourth-order valence-corrected chi connectivity index (χ4v) is 2.56. The molecule has 0 spiro atoms. The van der Waals surface area contributed by atoms with Gasteiger partial charge in [-0.25, -0.2) is 4.68 Å². The second-order valence-corrected chi connectivity index (χ2v) is 7.11. The smallest absolute Gasteiger partial charge is 0.399 e. The molecule has 0 unspecified atom stereocenters. The number of aromatic nitrogens is 2. The van der Waals surface area contributed by atoms with Gasteiger partial charge < -0.3 is 9.31 Å². The van der Waals surface area contributed by atoms with E-state index in [-0.39, 0.29) is 5.69 Å². The van der Waals surface area contributed by atoms with Crippen molar-refractivity contribution in [2.75, 3.05) is 0 Å². The van der Waals surface area contributed by atoms with Gasteiger partial charge in [-0.3, -0.25) is 10.1 Å². The van der Waals surface area contributed by atoms with Crippen molar-refractivity contribution in [3.05, 3.63) is 45.7 Å². The number of nitro benzene ring substituents is 1. The van der Waals surface area contributed by atoms with E-state index in [1.165, 1.54) is 22.9 Å². The van der Waals surface area contributed by atoms with E-state index in [4.69, 9.17) is 20.9 Å². The van der Waals surface area contributed by atoms with Crippen LogP contribution in [0.3, 0.4) is 0 Å². The van der Waals surface area contributed by atoms with Gasteiger partial charge in [0.1, 0.15) is 0 Å². The van der Waals surface area contributed by atoms with Crippen LogP contribution >= 0.6 is 11.6 Å². The normalized spacial score (nSPS) is 18.8. The Hall–Kier alpha value is -1.90. The van der Waals surface area contributed by atoms with Crippen LogP contribution in [-0.2, 0) is 9.31 Å². The number of hydrogen-bond acceptors (Lipinski definition) is 5. The van der Waals surface area contributed by atoms with Gasteiger partial charge in [-0.15, -0.1) is 0 Å². The molecule has 1 saturated heterocycles. The van der Waals surface area contributed by atoms with Crippen LogP contribution in [0.15, 0.2) is 30.6 Å². The number of hydrogen-bond donors (Lipinski definition) is 0. The highest BCUT2D eigenvalue weighted by molar-refractivity contribution is 6.62.